The van der Waals surface area contributed by atoms with Crippen LogP contribution in [0, 0.1) is 5.41 Å². The van der Waals surface area contributed by atoms with Gasteiger partial charge in [-0.1, -0.05) is 29.8 Å². The van der Waals surface area contributed by atoms with E-state index in [9.17, 15) is 13.2 Å². The number of aromatic nitrogens is 3. The molecule has 2 fully saturated rings. The Bertz CT molecular complexity index is 1530. The van der Waals surface area contributed by atoms with Crippen molar-refractivity contribution in [2.75, 3.05) is 26.2 Å². The van der Waals surface area contributed by atoms with Gasteiger partial charge in [0.1, 0.15) is 5.69 Å². The molecule has 3 aromatic heterocycles. The quantitative estimate of drug-likeness (QED) is 0.413. The topological polar surface area (TPSA) is 79.9 Å². The van der Waals surface area contributed by atoms with E-state index in [0.29, 0.717) is 36.8 Å². The van der Waals surface area contributed by atoms with E-state index in [2.05, 4.69) is 4.98 Å². The van der Waals surface area contributed by atoms with E-state index < -0.39 is 10.0 Å². The third kappa shape index (κ3) is 3.30. The van der Waals surface area contributed by atoms with Gasteiger partial charge in [0.05, 0.1) is 0 Å². The second kappa shape index (κ2) is 7.81. The van der Waals surface area contributed by atoms with Crippen LogP contribution in [0.25, 0.3) is 15.9 Å². The van der Waals surface area contributed by atoms with Crippen LogP contribution in [0.15, 0.2) is 46.9 Å². The highest BCUT2D eigenvalue weighted by atomic mass is 35.5. The first-order valence-corrected chi connectivity index (χ1v) is 13.9. The van der Waals surface area contributed by atoms with Gasteiger partial charge in [0.15, 0.2) is 15.1 Å². The van der Waals surface area contributed by atoms with Crippen LogP contribution < -0.4 is 0 Å². The Balaban J connectivity index is 1.18. The minimum Gasteiger partial charge on any atom is -0.340 e. The standard InChI is InChI=1S/C23H24ClN5O3S2/c1-26-17-5-3-2-4-16(17)14-18(26)20(30)27-9-6-23(7-10-27)8-11-28(15-23)34(31,32)21-19(24)25-22-29(21)12-13-33-22/h2-5,12-14H,6-11,15H2,1H3. The van der Waals surface area contributed by atoms with Crippen molar-refractivity contribution in [2.24, 2.45) is 12.5 Å². The second-order valence-electron chi connectivity index (χ2n) is 9.29. The largest absolute Gasteiger partial charge is 0.340 e. The van der Waals surface area contributed by atoms with Crippen LogP contribution >= 0.6 is 22.9 Å². The van der Waals surface area contributed by atoms with Crippen LogP contribution in [0.5, 0.6) is 0 Å². The third-order valence-corrected chi connectivity index (χ3v) is 10.5. The molecule has 6 rings (SSSR count). The molecule has 4 aromatic rings. The van der Waals surface area contributed by atoms with Crippen LogP contribution in [-0.2, 0) is 17.1 Å². The number of piperidine rings is 1. The van der Waals surface area contributed by atoms with Crippen molar-refractivity contribution in [3.05, 3.63) is 52.8 Å². The summed E-state index contributed by atoms with van der Waals surface area (Å²) in [4.78, 5) is 19.9. The number of amides is 1. The van der Waals surface area contributed by atoms with Crippen LogP contribution in [0.4, 0.5) is 0 Å². The van der Waals surface area contributed by atoms with E-state index in [1.807, 2.05) is 46.8 Å². The van der Waals surface area contributed by atoms with Gasteiger partial charge in [0.2, 0.25) is 0 Å². The lowest BCUT2D eigenvalue weighted by molar-refractivity contribution is 0.0591. The number of sulfonamides is 1. The van der Waals surface area contributed by atoms with E-state index in [0.717, 1.165) is 30.2 Å². The number of halogens is 1. The molecule has 1 spiro atoms. The number of aryl methyl sites for hydroxylation is 1. The molecule has 178 valence electrons. The number of para-hydroxylation sites is 1. The van der Waals surface area contributed by atoms with Crippen molar-refractivity contribution < 1.29 is 13.2 Å². The highest BCUT2D eigenvalue weighted by molar-refractivity contribution is 7.89. The van der Waals surface area contributed by atoms with Crippen molar-refractivity contribution in [3.8, 4) is 0 Å². The van der Waals surface area contributed by atoms with Crippen molar-refractivity contribution in [3.63, 3.8) is 0 Å². The van der Waals surface area contributed by atoms with E-state index in [1.165, 1.54) is 11.3 Å². The van der Waals surface area contributed by atoms with Gasteiger partial charge in [-0.05, 0) is 36.8 Å². The predicted octanol–water partition coefficient (Wildman–Crippen LogP) is 3.86. The highest BCUT2D eigenvalue weighted by Crippen LogP contribution is 2.43. The average Bonchev–Trinajstić information content (AvgIpc) is 3.58. The second-order valence-corrected chi connectivity index (χ2v) is 12.4. The van der Waals surface area contributed by atoms with Gasteiger partial charge in [-0.15, -0.1) is 11.3 Å². The minimum absolute atomic E-state index is 0.0168. The van der Waals surface area contributed by atoms with Gasteiger partial charge >= 0.3 is 0 Å². The van der Waals surface area contributed by atoms with Crippen molar-refractivity contribution >= 4 is 54.7 Å². The Morgan fingerprint density at radius 3 is 2.65 bits per heavy atom. The Labute approximate surface area is 206 Å². The van der Waals surface area contributed by atoms with Gasteiger partial charge in [0.25, 0.3) is 15.9 Å². The smallest absolute Gasteiger partial charge is 0.270 e. The van der Waals surface area contributed by atoms with Gasteiger partial charge < -0.3 is 9.47 Å². The predicted molar refractivity (Wildman–Crippen MR) is 132 cm³/mol. The van der Waals surface area contributed by atoms with Crippen molar-refractivity contribution in [1.82, 2.24) is 23.2 Å². The molecule has 2 aliphatic rings. The molecule has 0 radical (unpaired) electrons. The summed E-state index contributed by atoms with van der Waals surface area (Å²) in [6.45, 7) is 2.14. The fraction of sp³-hybridized carbons (Fsp3) is 0.391. The van der Waals surface area contributed by atoms with E-state index in [-0.39, 0.29) is 21.5 Å². The Morgan fingerprint density at radius 1 is 1.15 bits per heavy atom. The Hall–Kier alpha value is -2.40. The van der Waals surface area contributed by atoms with Gasteiger partial charge in [-0.3, -0.25) is 9.20 Å². The molecule has 2 aliphatic heterocycles. The summed E-state index contributed by atoms with van der Waals surface area (Å²) < 4.78 is 32.0. The molecule has 0 bridgehead atoms. The van der Waals surface area contributed by atoms with Gasteiger partial charge in [0, 0.05) is 55.7 Å². The first kappa shape index (κ1) is 22.1. The fourth-order valence-corrected chi connectivity index (χ4v) is 8.40. The van der Waals surface area contributed by atoms with E-state index in [4.69, 9.17) is 11.6 Å². The molecule has 8 nitrogen and oxygen atoms in total. The number of carbonyl (C=O) groups excluding carboxylic acids is 1. The van der Waals surface area contributed by atoms with E-state index >= 15 is 0 Å². The summed E-state index contributed by atoms with van der Waals surface area (Å²) in [5, 5.41) is 2.91. The number of nitrogens with zero attached hydrogens (tertiary/aromatic N) is 5. The Morgan fingerprint density at radius 2 is 1.88 bits per heavy atom. The summed E-state index contributed by atoms with van der Waals surface area (Å²) in [5.41, 5.74) is 1.60. The van der Waals surface area contributed by atoms with Crippen LogP contribution in [-0.4, -0.2) is 63.7 Å². The molecule has 5 heterocycles. The number of benzene rings is 1. The van der Waals surface area contributed by atoms with Crippen LogP contribution in [0.1, 0.15) is 29.8 Å². The molecule has 11 heteroatoms. The zero-order valence-electron chi connectivity index (χ0n) is 18.6. The highest BCUT2D eigenvalue weighted by Gasteiger charge is 2.46. The molecule has 34 heavy (non-hydrogen) atoms. The lowest BCUT2D eigenvalue weighted by atomic mass is 9.78. The van der Waals surface area contributed by atoms with Gasteiger partial charge in [-0.2, -0.15) is 4.31 Å². The fourth-order valence-electron chi connectivity index (χ4n) is 5.44. The molecule has 0 atom stereocenters. The maximum atomic E-state index is 13.5. The molecule has 0 saturated carbocycles. The SMILES string of the molecule is Cn1c(C(=O)N2CCC3(CC2)CCN(S(=O)(=O)c2c(Cl)nc4sccn24)C3)cc2ccccc21. The molecule has 0 N–H and O–H groups in total. The summed E-state index contributed by atoms with van der Waals surface area (Å²) in [6.07, 6.45) is 4.03. The molecule has 2 saturated heterocycles. The molecular formula is C23H24ClN5O3S2. The number of likely N-dealkylation sites (tertiary alicyclic amines) is 1. The average molecular weight is 518 g/mol. The van der Waals surface area contributed by atoms with E-state index in [1.54, 1.807) is 20.3 Å². The number of hydrogen-bond acceptors (Lipinski definition) is 5. The first-order valence-electron chi connectivity index (χ1n) is 11.2. The zero-order valence-corrected chi connectivity index (χ0v) is 21.0. The third-order valence-electron chi connectivity index (χ3n) is 7.45. The summed E-state index contributed by atoms with van der Waals surface area (Å²) in [7, 11) is -1.84. The lowest BCUT2D eigenvalue weighted by Crippen LogP contribution is -2.45. The number of rotatable bonds is 3. The molecule has 0 unspecified atom stereocenters. The molecule has 0 aliphatic carbocycles. The molecule has 1 amide bonds. The normalized spacial score (nSPS) is 19.1. The first-order chi connectivity index (χ1) is 16.3. The van der Waals surface area contributed by atoms with Crippen molar-refractivity contribution in [1.29, 1.82) is 0 Å². The number of fused-ring (bicyclic) bond motifs is 2. The number of imidazole rings is 1. The van der Waals surface area contributed by atoms with Gasteiger partial charge in [-0.25, -0.2) is 13.4 Å². The Kier molecular flexibility index (Phi) is 5.07. The number of carbonyl (C=O) groups is 1. The lowest BCUT2D eigenvalue weighted by Gasteiger charge is -2.39. The van der Waals surface area contributed by atoms with Crippen LogP contribution in [0.2, 0.25) is 5.15 Å². The summed E-state index contributed by atoms with van der Waals surface area (Å²) in [5.74, 6) is 0.0296. The maximum absolute atomic E-state index is 13.5. The van der Waals surface area contributed by atoms with Crippen molar-refractivity contribution in [2.45, 2.75) is 24.3 Å². The molecular weight excluding hydrogens is 494 g/mol. The summed E-state index contributed by atoms with van der Waals surface area (Å²) >= 11 is 7.58. The maximum Gasteiger partial charge on any atom is 0.270 e. The monoisotopic (exact) mass is 517 g/mol. The molecule has 1 aromatic carbocycles. The summed E-state index contributed by atoms with van der Waals surface area (Å²) in [6, 6.07) is 9.93. The van der Waals surface area contributed by atoms with Crippen LogP contribution in [0.3, 0.4) is 0 Å². The number of hydrogen-bond donors (Lipinski definition) is 0. The number of thiazole rings is 1. The minimum atomic E-state index is -3.77. The zero-order chi connectivity index (χ0) is 23.7.